The fraction of sp³-hybridized carbons (Fsp3) is 0.542. The summed E-state index contributed by atoms with van der Waals surface area (Å²) in [6.45, 7) is 9.00. The van der Waals surface area contributed by atoms with Crippen LogP contribution in [0.25, 0.3) is 0 Å². The van der Waals surface area contributed by atoms with Gasteiger partial charge in [-0.3, -0.25) is 4.79 Å². The lowest BCUT2D eigenvalue weighted by Crippen LogP contribution is -2.40. The zero-order valence-electron chi connectivity index (χ0n) is 19.6. The molecule has 2 N–H and O–H groups in total. The molecule has 1 unspecified atom stereocenters. The number of carbonyl (C=O) groups excluding carboxylic acids is 1. The third-order valence-corrected chi connectivity index (χ3v) is 8.48. The number of pyridine rings is 2. The summed E-state index contributed by atoms with van der Waals surface area (Å²) >= 11 is 0. The predicted molar refractivity (Wildman–Crippen MR) is 125 cm³/mol. The van der Waals surface area contributed by atoms with E-state index in [0.29, 0.717) is 24.2 Å². The largest absolute Gasteiger partial charge is 0.474 e. The van der Waals surface area contributed by atoms with Crippen LogP contribution < -0.4 is 15.4 Å². The van der Waals surface area contributed by atoms with E-state index >= 15 is 0 Å². The van der Waals surface area contributed by atoms with E-state index in [1.165, 1.54) is 18.3 Å². The van der Waals surface area contributed by atoms with Crippen molar-refractivity contribution >= 4 is 21.6 Å². The van der Waals surface area contributed by atoms with Gasteiger partial charge in [0, 0.05) is 24.3 Å². The molecule has 0 spiro atoms. The molecule has 8 nitrogen and oxygen atoms in total. The van der Waals surface area contributed by atoms with Gasteiger partial charge in [-0.05, 0) is 63.5 Å². The molecule has 4 rings (SSSR count). The van der Waals surface area contributed by atoms with Crippen molar-refractivity contribution in [2.45, 2.75) is 74.9 Å². The highest BCUT2D eigenvalue weighted by atomic mass is 32.2. The Morgan fingerprint density at radius 1 is 1.21 bits per heavy atom. The number of amides is 1. The quantitative estimate of drug-likeness (QED) is 0.683. The number of nitrogens with zero attached hydrogens (tertiary/aromatic N) is 3. The van der Waals surface area contributed by atoms with Gasteiger partial charge in [0.2, 0.25) is 15.7 Å². The molecule has 2 aliphatic rings. The minimum Gasteiger partial charge on any atom is -0.474 e. The van der Waals surface area contributed by atoms with Crippen molar-refractivity contribution in [2.24, 2.45) is 17.6 Å². The van der Waals surface area contributed by atoms with E-state index in [2.05, 4.69) is 37.7 Å². The lowest BCUT2D eigenvalue weighted by molar-refractivity contribution is 0.0997. The predicted octanol–water partition coefficient (Wildman–Crippen LogP) is 3.60. The second-order valence-corrected chi connectivity index (χ2v) is 11.9. The number of hydrogen-bond donors (Lipinski definition) is 1. The van der Waals surface area contributed by atoms with Gasteiger partial charge in [-0.1, -0.05) is 19.9 Å². The van der Waals surface area contributed by atoms with E-state index in [4.69, 9.17) is 10.5 Å². The molecule has 178 valence electrons. The molecule has 0 bridgehead atoms. The Kier molecular flexibility index (Phi) is 6.11. The van der Waals surface area contributed by atoms with Crippen LogP contribution in [0.1, 0.15) is 63.7 Å². The summed E-state index contributed by atoms with van der Waals surface area (Å²) in [6.07, 6.45) is 5.40. The maximum atomic E-state index is 13.6. The molecule has 1 saturated carbocycles. The molecule has 1 saturated heterocycles. The highest BCUT2D eigenvalue weighted by Gasteiger charge is 2.40. The third-order valence-electron chi connectivity index (χ3n) is 6.79. The number of nitrogens with two attached hydrogens (primary N) is 1. The zero-order chi connectivity index (χ0) is 24.0. The molecule has 1 amide bonds. The van der Waals surface area contributed by atoms with E-state index < -0.39 is 15.7 Å². The summed E-state index contributed by atoms with van der Waals surface area (Å²) in [6, 6.07) is 5.99. The number of anilines is 1. The molecule has 0 radical (unpaired) electrons. The van der Waals surface area contributed by atoms with Gasteiger partial charge in [-0.15, -0.1) is 0 Å². The fourth-order valence-electron chi connectivity index (χ4n) is 5.22. The van der Waals surface area contributed by atoms with E-state index in [1.807, 2.05) is 4.90 Å². The van der Waals surface area contributed by atoms with Gasteiger partial charge in [-0.2, -0.15) is 0 Å². The molecule has 1 aliphatic heterocycles. The monoisotopic (exact) mass is 472 g/mol. The molecule has 2 fully saturated rings. The number of aromatic nitrogens is 2. The smallest absolute Gasteiger partial charge is 0.253 e. The van der Waals surface area contributed by atoms with Gasteiger partial charge >= 0.3 is 0 Å². The van der Waals surface area contributed by atoms with E-state index in [-0.39, 0.29) is 33.0 Å². The molecule has 2 aromatic rings. The normalized spacial score (nSPS) is 24.7. The molecular formula is C24H32N4O4S. The van der Waals surface area contributed by atoms with Crippen LogP contribution in [0.4, 0.5) is 5.82 Å². The van der Waals surface area contributed by atoms with Crippen molar-refractivity contribution in [3.05, 3.63) is 36.0 Å². The van der Waals surface area contributed by atoms with Crippen molar-refractivity contribution < 1.29 is 17.9 Å². The van der Waals surface area contributed by atoms with Crippen LogP contribution in [0.2, 0.25) is 0 Å². The first kappa shape index (κ1) is 23.5. The maximum absolute atomic E-state index is 13.6. The van der Waals surface area contributed by atoms with Gasteiger partial charge < -0.3 is 15.4 Å². The Hall–Kier alpha value is -2.68. The Morgan fingerprint density at radius 2 is 1.97 bits per heavy atom. The topological polar surface area (TPSA) is 115 Å². The molecule has 3 atom stereocenters. The van der Waals surface area contributed by atoms with Crippen LogP contribution in [0.3, 0.4) is 0 Å². The second-order valence-electron chi connectivity index (χ2n) is 9.99. The third kappa shape index (κ3) is 4.43. The first-order valence-corrected chi connectivity index (χ1v) is 12.9. The van der Waals surface area contributed by atoms with Crippen LogP contribution >= 0.6 is 0 Å². The van der Waals surface area contributed by atoms with E-state index in [1.54, 1.807) is 12.1 Å². The molecule has 0 aromatic carbocycles. The first-order valence-electron chi connectivity index (χ1n) is 11.5. The van der Waals surface area contributed by atoms with Crippen LogP contribution in [-0.2, 0) is 9.84 Å². The Balaban J connectivity index is 1.76. The zero-order valence-corrected chi connectivity index (χ0v) is 20.4. The minimum atomic E-state index is -4.15. The van der Waals surface area contributed by atoms with E-state index in [0.717, 1.165) is 25.7 Å². The highest BCUT2D eigenvalue weighted by molar-refractivity contribution is 7.91. The Bertz CT molecular complexity index is 1160. The molecular weight excluding hydrogens is 440 g/mol. The van der Waals surface area contributed by atoms with Crippen LogP contribution in [-0.4, -0.2) is 42.5 Å². The number of primary amides is 1. The number of rotatable bonds is 6. The van der Waals surface area contributed by atoms with Crippen LogP contribution in [0.5, 0.6) is 5.88 Å². The standard InChI is InChI=1S/C24H32N4O4S/c1-15-13-24(3,4)28(14-15)23-21(22(25)29)18(11-12-26-23)33(30,31)20-10-6-9-19(27-20)32-17-8-5-7-16(17)2/h6,9-12,15-17H,5,7-8,13-14H2,1-4H3,(H2,25,29)/t15?,16-,17-/m0/s1. The maximum Gasteiger partial charge on any atom is 0.253 e. The summed E-state index contributed by atoms with van der Waals surface area (Å²) in [7, 11) is -4.15. The van der Waals surface area contributed by atoms with Crippen molar-refractivity contribution in [3.8, 4) is 5.88 Å². The molecule has 2 aromatic heterocycles. The molecule has 9 heteroatoms. The van der Waals surface area contributed by atoms with Crippen LogP contribution in [0, 0.1) is 11.8 Å². The van der Waals surface area contributed by atoms with E-state index in [9.17, 15) is 13.2 Å². The summed E-state index contributed by atoms with van der Waals surface area (Å²) in [5.74, 6) is 0.488. The summed E-state index contributed by atoms with van der Waals surface area (Å²) in [5, 5.41) is -0.181. The van der Waals surface area contributed by atoms with Gasteiger partial charge in [0.15, 0.2) is 5.03 Å². The highest BCUT2D eigenvalue weighted by Crippen LogP contribution is 2.39. The van der Waals surface area contributed by atoms with Gasteiger partial charge in [0.1, 0.15) is 17.5 Å². The molecule has 1 aliphatic carbocycles. The van der Waals surface area contributed by atoms with Crippen molar-refractivity contribution in [1.29, 1.82) is 0 Å². The Morgan fingerprint density at radius 3 is 2.58 bits per heavy atom. The number of sulfone groups is 1. The lowest BCUT2D eigenvalue weighted by atomic mass is 9.97. The van der Waals surface area contributed by atoms with Gasteiger partial charge in [-0.25, -0.2) is 18.4 Å². The van der Waals surface area contributed by atoms with Crippen molar-refractivity contribution in [2.75, 3.05) is 11.4 Å². The van der Waals surface area contributed by atoms with Gasteiger partial charge in [0.25, 0.3) is 5.91 Å². The molecule has 33 heavy (non-hydrogen) atoms. The van der Waals surface area contributed by atoms with Gasteiger partial charge in [0.05, 0.1) is 4.90 Å². The summed E-state index contributed by atoms with van der Waals surface area (Å²) < 4.78 is 33.3. The number of hydrogen-bond acceptors (Lipinski definition) is 7. The fourth-order valence-corrected chi connectivity index (χ4v) is 6.61. The second kappa shape index (κ2) is 8.59. The minimum absolute atomic E-state index is 0.0172. The average Bonchev–Trinajstić information content (AvgIpc) is 3.27. The SMILES string of the molecule is CC1CN(c2nccc(S(=O)(=O)c3cccc(O[C@H]4CCC[C@@H]4C)n3)c2C(N)=O)C(C)(C)C1. The lowest BCUT2D eigenvalue weighted by Gasteiger charge is -2.33. The Labute approximate surface area is 195 Å². The average molecular weight is 473 g/mol. The number of ether oxygens (including phenoxy) is 1. The summed E-state index contributed by atoms with van der Waals surface area (Å²) in [4.78, 5) is 23.0. The van der Waals surface area contributed by atoms with Crippen molar-refractivity contribution in [1.82, 2.24) is 9.97 Å². The molecule has 3 heterocycles. The summed E-state index contributed by atoms with van der Waals surface area (Å²) in [5.41, 5.74) is 5.33. The first-order chi connectivity index (χ1) is 15.5. The van der Waals surface area contributed by atoms with Crippen molar-refractivity contribution in [3.63, 3.8) is 0 Å². The number of carbonyl (C=O) groups is 1. The van der Waals surface area contributed by atoms with Crippen LogP contribution in [0.15, 0.2) is 40.4 Å².